The molecule has 31 heavy (non-hydrogen) atoms. The van der Waals surface area contributed by atoms with Crippen molar-refractivity contribution in [1.82, 2.24) is 19.6 Å². The highest BCUT2D eigenvalue weighted by Crippen LogP contribution is 2.31. The summed E-state index contributed by atoms with van der Waals surface area (Å²) in [4.78, 5) is 44.3. The van der Waals surface area contributed by atoms with Crippen LogP contribution in [0.15, 0.2) is 42.7 Å². The van der Waals surface area contributed by atoms with E-state index in [0.29, 0.717) is 27.4 Å². The van der Waals surface area contributed by atoms with Gasteiger partial charge in [-0.3, -0.25) is 19.3 Å². The molecule has 0 radical (unpaired) electrons. The standard InChI is InChI=1S/C23H21ClN4O3/c24-15-7-9-20-26-16(13-27(20)12-15)11-25-21(29)14-6-8-18-19(10-14)23(31)28(22(18)30)17-4-2-1-3-5-17/h6-10,12-13,17H,1-5,11H2,(H,25,29). The number of amides is 3. The van der Waals surface area contributed by atoms with Gasteiger partial charge in [-0.05, 0) is 43.2 Å². The van der Waals surface area contributed by atoms with Crippen molar-refractivity contribution in [2.24, 2.45) is 0 Å². The van der Waals surface area contributed by atoms with Gasteiger partial charge in [-0.2, -0.15) is 0 Å². The Bertz CT molecular complexity index is 1210. The molecule has 1 aliphatic carbocycles. The van der Waals surface area contributed by atoms with Crippen molar-refractivity contribution in [3.63, 3.8) is 0 Å². The zero-order valence-electron chi connectivity index (χ0n) is 16.8. The fourth-order valence-electron chi connectivity index (χ4n) is 4.45. The number of carbonyl (C=O) groups is 3. The summed E-state index contributed by atoms with van der Waals surface area (Å²) in [5.41, 5.74) is 2.46. The average molecular weight is 437 g/mol. The highest BCUT2D eigenvalue weighted by Gasteiger charge is 2.40. The molecular weight excluding hydrogens is 416 g/mol. The average Bonchev–Trinajstić information content (AvgIpc) is 3.30. The molecule has 2 aromatic heterocycles. The summed E-state index contributed by atoms with van der Waals surface area (Å²) in [6, 6.07) is 8.22. The molecule has 1 N–H and O–H groups in total. The van der Waals surface area contributed by atoms with Crippen LogP contribution in [0.5, 0.6) is 0 Å². The number of nitrogens with zero attached hydrogens (tertiary/aromatic N) is 3. The second-order valence-corrected chi connectivity index (χ2v) is 8.50. The van der Waals surface area contributed by atoms with Crippen molar-refractivity contribution in [2.75, 3.05) is 0 Å². The summed E-state index contributed by atoms with van der Waals surface area (Å²) in [7, 11) is 0. The molecule has 0 unspecified atom stereocenters. The fourth-order valence-corrected chi connectivity index (χ4v) is 4.61. The Balaban J connectivity index is 1.31. The molecule has 3 heterocycles. The van der Waals surface area contributed by atoms with Gasteiger partial charge in [0.2, 0.25) is 0 Å². The molecule has 3 amide bonds. The van der Waals surface area contributed by atoms with Crippen molar-refractivity contribution in [3.05, 3.63) is 70.1 Å². The van der Waals surface area contributed by atoms with E-state index < -0.39 is 0 Å². The summed E-state index contributed by atoms with van der Waals surface area (Å²) < 4.78 is 1.79. The third-order valence-corrected chi connectivity index (χ3v) is 6.24. The molecule has 1 fully saturated rings. The first-order valence-corrected chi connectivity index (χ1v) is 10.8. The minimum atomic E-state index is -0.325. The van der Waals surface area contributed by atoms with E-state index in [9.17, 15) is 14.4 Å². The number of fused-ring (bicyclic) bond motifs is 2. The Morgan fingerprint density at radius 2 is 1.81 bits per heavy atom. The topological polar surface area (TPSA) is 83.8 Å². The number of nitrogens with one attached hydrogen (secondary N) is 1. The second kappa shape index (κ2) is 7.81. The molecule has 3 aromatic rings. The summed E-state index contributed by atoms with van der Waals surface area (Å²) >= 11 is 5.99. The lowest BCUT2D eigenvalue weighted by molar-refractivity contribution is 0.0549. The quantitative estimate of drug-likeness (QED) is 0.630. The Morgan fingerprint density at radius 1 is 1.03 bits per heavy atom. The van der Waals surface area contributed by atoms with Crippen molar-refractivity contribution >= 4 is 35.0 Å². The summed E-state index contributed by atoms with van der Waals surface area (Å²) in [5, 5.41) is 3.42. The van der Waals surface area contributed by atoms with Gasteiger partial charge in [0.05, 0.1) is 28.4 Å². The number of carbonyl (C=O) groups excluding carboxylic acids is 3. The Morgan fingerprint density at radius 3 is 2.61 bits per heavy atom. The smallest absolute Gasteiger partial charge is 0.261 e. The normalized spacial score (nSPS) is 16.7. The van der Waals surface area contributed by atoms with Crippen LogP contribution in [-0.4, -0.2) is 38.0 Å². The van der Waals surface area contributed by atoms with E-state index in [0.717, 1.165) is 37.8 Å². The predicted molar refractivity (Wildman–Crippen MR) is 115 cm³/mol. The Hall–Kier alpha value is -3.19. The molecule has 0 atom stereocenters. The molecule has 7 nitrogen and oxygen atoms in total. The first-order valence-electron chi connectivity index (χ1n) is 10.4. The van der Waals surface area contributed by atoms with E-state index in [1.807, 2.05) is 0 Å². The molecule has 158 valence electrons. The lowest BCUT2D eigenvalue weighted by Crippen LogP contribution is -2.40. The fraction of sp³-hybridized carbons (Fsp3) is 0.304. The van der Waals surface area contributed by atoms with Gasteiger partial charge in [0.15, 0.2) is 0 Å². The van der Waals surface area contributed by atoms with Gasteiger partial charge < -0.3 is 9.72 Å². The maximum Gasteiger partial charge on any atom is 0.261 e. The van der Waals surface area contributed by atoms with Crippen LogP contribution in [0.2, 0.25) is 5.02 Å². The van der Waals surface area contributed by atoms with E-state index in [2.05, 4.69) is 10.3 Å². The molecule has 8 heteroatoms. The van der Waals surface area contributed by atoms with Crippen LogP contribution in [0, 0.1) is 0 Å². The van der Waals surface area contributed by atoms with E-state index in [4.69, 9.17) is 11.6 Å². The predicted octanol–water partition coefficient (Wildman–Crippen LogP) is 3.85. The molecular formula is C23H21ClN4O3. The highest BCUT2D eigenvalue weighted by atomic mass is 35.5. The first-order chi connectivity index (χ1) is 15.0. The minimum absolute atomic E-state index is 0.0398. The summed E-state index contributed by atoms with van der Waals surface area (Å²) in [6.45, 7) is 0.232. The molecule has 1 aromatic carbocycles. The number of hydrogen-bond acceptors (Lipinski definition) is 4. The van der Waals surface area contributed by atoms with E-state index >= 15 is 0 Å². The number of rotatable bonds is 4. The van der Waals surface area contributed by atoms with E-state index in [1.165, 1.54) is 11.0 Å². The third-order valence-electron chi connectivity index (χ3n) is 6.01. The molecule has 0 spiro atoms. The van der Waals surface area contributed by atoms with Gasteiger partial charge in [-0.1, -0.05) is 30.9 Å². The number of pyridine rings is 1. The molecule has 5 rings (SSSR count). The summed E-state index contributed by atoms with van der Waals surface area (Å²) in [6.07, 6.45) is 8.45. The van der Waals surface area contributed by atoms with Gasteiger partial charge in [0.25, 0.3) is 17.7 Å². The van der Waals surface area contributed by atoms with Crippen LogP contribution in [0.3, 0.4) is 0 Å². The van der Waals surface area contributed by atoms with E-state index in [1.54, 1.807) is 41.1 Å². The third kappa shape index (κ3) is 3.59. The van der Waals surface area contributed by atoms with Gasteiger partial charge in [-0.15, -0.1) is 0 Å². The molecule has 0 bridgehead atoms. The molecule has 0 saturated heterocycles. The Kier molecular flexibility index (Phi) is 4.98. The molecule has 1 saturated carbocycles. The highest BCUT2D eigenvalue weighted by molar-refractivity contribution is 6.30. The van der Waals surface area contributed by atoms with Crippen LogP contribution in [0.1, 0.15) is 68.9 Å². The summed E-state index contributed by atoms with van der Waals surface area (Å²) in [5.74, 6) is -0.866. The number of aromatic nitrogens is 2. The first kappa shape index (κ1) is 19.8. The maximum absolute atomic E-state index is 12.9. The van der Waals surface area contributed by atoms with Gasteiger partial charge in [-0.25, -0.2) is 4.98 Å². The van der Waals surface area contributed by atoms with Crippen molar-refractivity contribution in [2.45, 2.75) is 44.7 Å². The van der Waals surface area contributed by atoms with Crippen molar-refractivity contribution < 1.29 is 14.4 Å². The number of halogens is 1. The van der Waals surface area contributed by atoms with Crippen LogP contribution in [0.4, 0.5) is 0 Å². The maximum atomic E-state index is 12.9. The second-order valence-electron chi connectivity index (χ2n) is 8.06. The van der Waals surface area contributed by atoms with Crippen LogP contribution < -0.4 is 5.32 Å². The number of imide groups is 1. The Labute approximate surface area is 184 Å². The molecule has 1 aliphatic heterocycles. The van der Waals surface area contributed by atoms with Crippen LogP contribution in [0.25, 0.3) is 5.65 Å². The van der Waals surface area contributed by atoms with E-state index in [-0.39, 0.29) is 30.3 Å². The largest absolute Gasteiger partial charge is 0.346 e. The monoisotopic (exact) mass is 436 g/mol. The van der Waals surface area contributed by atoms with Crippen molar-refractivity contribution in [3.8, 4) is 0 Å². The van der Waals surface area contributed by atoms with Crippen LogP contribution >= 0.6 is 11.6 Å². The lowest BCUT2D eigenvalue weighted by Gasteiger charge is -2.29. The lowest BCUT2D eigenvalue weighted by atomic mass is 9.94. The van der Waals surface area contributed by atoms with Gasteiger partial charge in [0, 0.05) is 24.0 Å². The number of imidazole rings is 1. The SMILES string of the molecule is O=C(NCc1cn2cc(Cl)ccc2n1)c1ccc2c(c1)C(=O)N(C1CCCCC1)C2=O. The minimum Gasteiger partial charge on any atom is -0.346 e. The molecule has 2 aliphatic rings. The van der Waals surface area contributed by atoms with Gasteiger partial charge >= 0.3 is 0 Å². The van der Waals surface area contributed by atoms with Crippen molar-refractivity contribution in [1.29, 1.82) is 0 Å². The zero-order chi connectivity index (χ0) is 21.5. The van der Waals surface area contributed by atoms with Crippen LogP contribution in [-0.2, 0) is 6.54 Å². The zero-order valence-corrected chi connectivity index (χ0v) is 17.6. The number of hydrogen-bond donors (Lipinski definition) is 1. The number of benzene rings is 1. The van der Waals surface area contributed by atoms with Gasteiger partial charge in [0.1, 0.15) is 5.65 Å².